The molecule has 3 heteroatoms. The van der Waals surface area contributed by atoms with E-state index >= 15 is 0 Å². The molecule has 0 fully saturated rings. The Balaban J connectivity index is 1.92. The summed E-state index contributed by atoms with van der Waals surface area (Å²) in [5, 5.41) is 1.95. The van der Waals surface area contributed by atoms with Crippen LogP contribution in [-0.4, -0.2) is 4.57 Å². The van der Waals surface area contributed by atoms with Gasteiger partial charge in [-0.25, -0.2) is 0 Å². The molecule has 3 aromatic rings. The van der Waals surface area contributed by atoms with Crippen LogP contribution in [-0.2, 0) is 13.1 Å². The third-order valence-corrected chi connectivity index (χ3v) is 3.58. The van der Waals surface area contributed by atoms with E-state index in [0.717, 1.165) is 17.1 Å². The second-order valence-electron chi connectivity index (χ2n) is 4.67. The zero-order valence-electron chi connectivity index (χ0n) is 10.5. The highest BCUT2D eigenvalue weighted by Crippen LogP contribution is 2.21. The van der Waals surface area contributed by atoms with E-state index in [9.17, 15) is 0 Å². The lowest BCUT2D eigenvalue weighted by molar-refractivity contribution is 0.835. The number of benzene rings is 2. The molecular weight excluding hydrogens is 256 g/mol. The zero-order valence-corrected chi connectivity index (χ0v) is 11.3. The molecule has 2 nitrogen and oxygen atoms in total. The molecule has 1 heterocycles. The third kappa shape index (κ3) is 2.50. The fraction of sp³-hybridized carbons (Fsp3) is 0.125. The molecule has 19 heavy (non-hydrogen) atoms. The highest BCUT2D eigenvalue weighted by molar-refractivity contribution is 6.31. The molecule has 0 aliphatic rings. The molecule has 2 N–H and O–H groups in total. The van der Waals surface area contributed by atoms with E-state index in [-0.39, 0.29) is 0 Å². The van der Waals surface area contributed by atoms with Gasteiger partial charge >= 0.3 is 0 Å². The number of hydrogen-bond donors (Lipinski definition) is 1. The molecule has 0 bridgehead atoms. The highest BCUT2D eigenvalue weighted by Gasteiger charge is 2.02. The summed E-state index contributed by atoms with van der Waals surface area (Å²) in [4.78, 5) is 0. The molecule has 0 radical (unpaired) electrons. The lowest BCUT2D eigenvalue weighted by Crippen LogP contribution is -1.99. The Bertz CT molecular complexity index is 698. The van der Waals surface area contributed by atoms with Gasteiger partial charge in [0.2, 0.25) is 0 Å². The third-order valence-electron chi connectivity index (χ3n) is 3.34. The summed E-state index contributed by atoms with van der Waals surface area (Å²) in [6.07, 6.45) is 2.10. The van der Waals surface area contributed by atoms with Crippen molar-refractivity contribution in [2.75, 3.05) is 0 Å². The summed E-state index contributed by atoms with van der Waals surface area (Å²) in [7, 11) is 0. The number of rotatable bonds is 3. The van der Waals surface area contributed by atoms with E-state index in [1.807, 2.05) is 12.1 Å². The molecule has 3 rings (SSSR count). The highest BCUT2D eigenvalue weighted by atomic mass is 35.5. The van der Waals surface area contributed by atoms with Crippen molar-refractivity contribution in [1.82, 2.24) is 4.57 Å². The molecule has 1 aromatic heterocycles. The number of aromatic nitrogens is 1. The number of nitrogens with two attached hydrogens (primary N) is 1. The first-order valence-electron chi connectivity index (χ1n) is 6.28. The van der Waals surface area contributed by atoms with Gasteiger partial charge in [-0.15, -0.1) is 0 Å². The lowest BCUT2D eigenvalue weighted by Gasteiger charge is -2.06. The smallest absolute Gasteiger partial charge is 0.0484 e. The fourth-order valence-electron chi connectivity index (χ4n) is 2.29. The predicted octanol–water partition coefficient (Wildman–Crippen LogP) is 3.80. The maximum atomic E-state index is 6.00. The molecule has 2 aromatic carbocycles. The van der Waals surface area contributed by atoms with Gasteiger partial charge in [0.05, 0.1) is 0 Å². The van der Waals surface area contributed by atoms with Crippen LogP contribution in [0, 0.1) is 0 Å². The molecule has 0 saturated heterocycles. The zero-order chi connectivity index (χ0) is 13.2. The minimum Gasteiger partial charge on any atom is -0.343 e. The van der Waals surface area contributed by atoms with Crippen LogP contribution >= 0.6 is 11.6 Å². The average molecular weight is 271 g/mol. The Hall–Kier alpha value is -1.77. The first-order chi connectivity index (χ1) is 9.26. The summed E-state index contributed by atoms with van der Waals surface area (Å²) in [5.41, 5.74) is 9.24. The molecule has 0 unspecified atom stereocenters. The van der Waals surface area contributed by atoms with E-state index in [1.54, 1.807) is 0 Å². The Kier molecular flexibility index (Phi) is 3.28. The summed E-state index contributed by atoms with van der Waals surface area (Å²) in [6.45, 7) is 1.45. The monoisotopic (exact) mass is 270 g/mol. The average Bonchev–Trinajstić information content (AvgIpc) is 2.82. The van der Waals surface area contributed by atoms with Crippen LogP contribution < -0.4 is 5.73 Å². The molecule has 0 aliphatic heterocycles. The SMILES string of the molecule is NCc1ccc(Cn2ccc3cc(Cl)ccc32)cc1. The summed E-state index contributed by atoms with van der Waals surface area (Å²) in [6, 6.07) is 16.5. The van der Waals surface area contributed by atoms with Gasteiger partial charge in [0.25, 0.3) is 0 Å². The van der Waals surface area contributed by atoms with Crippen LogP contribution in [0.4, 0.5) is 0 Å². The van der Waals surface area contributed by atoms with Gasteiger partial charge in [-0.2, -0.15) is 0 Å². The van der Waals surface area contributed by atoms with Gasteiger partial charge in [-0.1, -0.05) is 35.9 Å². The summed E-state index contributed by atoms with van der Waals surface area (Å²) in [5.74, 6) is 0. The molecule has 0 aliphatic carbocycles. The van der Waals surface area contributed by atoms with Gasteiger partial charge < -0.3 is 10.3 Å². The van der Waals surface area contributed by atoms with Crippen molar-refractivity contribution < 1.29 is 0 Å². The lowest BCUT2D eigenvalue weighted by atomic mass is 10.1. The van der Waals surface area contributed by atoms with Crippen molar-refractivity contribution in [2.24, 2.45) is 5.73 Å². The number of halogens is 1. The van der Waals surface area contributed by atoms with Crippen LogP contribution in [0.1, 0.15) is 11.1 Å². The second kappa shape index (κ2) is 5.08. The van der Waals surface area contributed by atoms with Crippen LogP contribution in [0.2, 0.25) is 5.02 Å². The Morgan fingerprint density at radius 3 is 2.42 bits per heavy atom. The maximum absolute atomic E-state index is 6.00. The first-order valence-corrected chi connectivity index (χ1v) is 6.66. The van der Waals surface area contributed by atoms with Crippen molar-refractivity contribution in [3.05, 3.63) is 70.9 Å². The predicted molar refractivity (Wildman–Crippen MR) is 80.4 cm³/mol. The van der Waals surface area contributed by atoms with Crippen LogP contribution in [0.5, 0.6) is 0 Å². The minimum absolute atomic E-state index is 0.589. The van der Waals surface area contributed by atoms with Gasteiger partial charge in [0.1, 0.15) is 0 Å². The molecule has 0 amide bonds. The number of nitrogens with zero attached hydrogens (tertiary/aromatic N) is 1. The normalized spacial score (nSPS) is 11.1. The Morgan fingerprint density at radius 2 is 1.68 bits per heavy atom. The van der Waals surface area contributed by atoms with E-state index in [1.165, 1.54) is 16.5 Å². The van der Waals surface area contributed by atoms with Crippen molar-refractivity contribution in [3.63, 3.8) is 0 Å². The quantitative estimate of drug-likeness (QED) is 0.771. The van der Waals surface area contributed by atoms with Crippen molar-refractivity contribution in [3.8, 4) is 0 Å². The molecular formula is C16H15ClN2. The van der Waals surface area contributed by atoms with Gasteiger partial charge in [-0.05, 0) is 35.4 Å². The topological polar surface area (TPSA) is 30.9 Å². The minimum atomic E-state index is 0.589. The van der Waals surface area contributed by atoms with Gasteiger partial charge in [-0.3, -0.25) is 0 Å². The van der Waals surface area contributed by atoms with Crippen molar-refractivity contribution in [2.45, 2.75) is 13.1 Å². The standard InChI is InChI=1S/C16H15ClN2/c17-15-5-6-16-14(9-15)7-8-19(16)11-13-3-1-12(10-18)2-4-13/h1-9H,10-11,18H2. The van der Waals surface area contributed by atoms with E-state index < -0.39 is 0 Å². The number of hydrogen-bond acceptors (Lipinski definition) is 1. The fourth-order valence-corrected chi connectivity index (χ4v) is 2.47. The van der Waals surface area contributed by atoms with Crippen LogP contribution in [0.15, 0.2) is 54.7 Å². The van der Waals surface area contributed by atoms with E-state index in [0.29, 0.717) is 6.54 Å². The van der Waals surface area contributed by atoms with E-state index in [2.05, 4.69) is 47.2 Å². The van der Waals surface area contributed by atoms with Crippen molar-refractivity contribution >= 4 is 22.5 Å². The van der Waals surface area contributed by atoms with Crippen LogP contribution in [0.25, 0.3) is 10.9 Å². The van der Waals surface area contributed by atoms with Crippen LogP contribution in [0.3, 0.4) is 0 Å². The van der Waals surface area contributed by atoms with E-state index in [4.69, 9.17) is 17.3 Å². The second-order valence-corrected chi connectivity index (χ2v) is 5.10. The Morgan fingerprint density at radius 1 is 0.947 bits per heavy atom. The largest absolute Gasteiger partial charge is 0.343 e. The first kappa shape index (κ1) is 12.3. The van der Waals surface area contributed by atoms with Crippen molar-refractivity contribution in [1.29, 1.82) is 0 Å². The Labute approximate surface area is 117 Å². The van der Waals surface area contributed by atoms with Gasteiger partial charge in [0, 0.05) is 35.2 Å². The summed E-state index contributed by atoms with van der Waals surface area (Å²) < 4.78 is 2.23. The molecule has 0 atom stereocenters. The molecule has 96 valence electrons. The molecule has 0 spiro atoms. The number of fused-ring (bicyclic) bond motifs is 1. The summed E-state index contributed by atoms with van der Waals surface area (Å²) >= 11 is 6.00. The maximum Gasteiger partial charge on any atom is 0.0484 e. The van der Waals surface area contributed by atoms with Gasteiger partial charge in [0.15, 0.2) is 0 Å². The molecule has 0 saturated carbocycles.